The standard InChI is InChI=1S/C7H10/c1-2-6-4-5-7(6)3-1/h2,7H,1,3-5H2/i1D,3D/t1-,3-,7?/m0/s1. The second kappa shape index (κ2) is 1.12. The lowest BCUT2D eigenvalue weighted by atomic mass is 9.82. The maximum absolute atomic E-state index is 7.49. The zero-order valence-corrected chi connectivity index (χ0v) is 4.22. The topological polar surface area (TPSA) is 0 Å². The van der Waals surface area contributed by atoms with Gasteiger partial charge in [-0.1, -0.05) is 11.6 Å². The fourth-order valence-electron chi connectivity index (χ4n) is 1.22. The summed E-state index contributed by atoms with van der Waals surface area (Å²) in [7, 11) is 0. The van der Waals surface area contributed by atoms with Crippen molar-refractivity contribution in [1.29, 1.82) is 0 Å². The number of fused-ring (bicyclic) bond motifs is 1. The molecule has 1 saturated carbocycles. The van der Waals surface area contributed by atoms with E-state index in [0.717, 1.165) is 12.8 Å². The van der Waals surface area contributed by atoms with Gasteiger partial charge in [0, 0.05) is 2.74 Å². The van der Waals surface area contributed by atoms with E-state index in [2.05, 4.69) is 0 Å². The van der Waals surface area contributed by atoms with Crippen LogP contribution in [-0.2, 0) is 0 Å². The van der Waals surface area contributed by atoms with Crippen LogP contribution in [0.1, 0.15) is 28.4 Å². The smallest absolute Gasteiger partial charge is 0.0310 e. The first kappa shape index (κ1) is 2.34. The summed E-state index contributed by atoms with van der Waals surface area (Å²) in [5.74, 6) is 0.479. The molecule has 0 aromatic carbocycles. The van der Waals surface area contributed by atoms with Crippen molar-refractivity contribution in [1.82, 2.24) is 0 Å². The van der Waals surface area contributed by atoms with Crippen molar-refractivity contribution in [2.75, 3.05) is 0 Å². The van der Waals surface area contributed by atoms with Crippen molar-refractivity contribution in [3.8, 4) is 0 Å². The van der Waals surface area contributed by atoms with Crippen molar-refractivity contribution >= 4 is 0 Å². The lowest BCUT2D eigenvalue weighted by Gasteiger charge is -2.24. The van der Waals surface area contributed by atoms with Crippen LogP contribution in [0.5, 0.6) is 0 Å². The zero-order chi connectivity index (χ0) is 6.43. The fourth-order valence-corrected chi connectivity index (χ4v) is 1.22. The summed E-state index contributed by atoms with van der Waals surface area (Å²) >= 11 is 0. The Bertz CT molecular complexity index is 162. The van der Waals surface area contributed by atoms with Crippen molar-refractivity contribution in [2.24, 2.45) is 5.92 Å². The lowest BCUT2D eigenvalue weighted by Crippen LogP contribution is -2.09. The molecule has 0 bridgehead atoms. The molecule has 1 unspecified atom stereocenters. The van der Waals surface area contributed by atoms with E-state index in [1.165, 1.54) is 5.57 Å². The van der Waals surface area contributed by atoms with E-state index in [0.29, 0.717) is 5.92 Å². The third-order valence-corrected chi connectivity index (χ3v) is 1.87. The number of hydrogen-bond donors (Lipinski definition) is 0. The minimum Gasteiger partial charge on any atom is -0.0850 e. The Labute approximate surface area is 47.0 Å². The van der Waals surface area contributed by atoms with Crippen molar-refractivity contribution in [3.05, 3.63) is 11.6 Å². The van der Waals surface area contributed by atoms with E-state index in [9.17, 15) is 0 Å². The third-order valence-electron chi connectivity index (χ3n) is 1.87. The molecule has 0 heteroatoms. The predicted octanol–water partition coefficient (Wildman–Crippen LogP) is 2.12. The van der Waals surface area contributed by atoms with Crippen LogP contribution < -0.4 is 0 Å². The van der Waals surface area contributed by atoms with E-state index in [4.69, 9.17) is 2.74 Å². The van der Waals surface area contributed by atoms with Crippen LogP contribution in [0.25, 0.3) is 0 Å². The van der Waals surface area contributed by atoms with Crippen molar-refractivity contribution in [2.45, 2.75) is 25.6 Å². The Morgan fingerprint density at radius 1 is 1.86 bits per heavy atom. The van der Waals surface area contributed by atoms with Crippen LogP contribution in [0.4, 0.5) is 0 Å². The highest BCUT2D eigenvalue weighted by molar-refractivity contribution is 5.19. The molecule has 0 radical (unpaired) electrons. The summed E-state index contributed by atoms with van der Waals surface area (Å²) in [6.07, 6.45) is 3.94. The highest BCUT2D eigenvalue weighted by atomic mass is 14.3. The van der Waals surface area contributed by atoms with Gasteiger partial charge in [-0.2, -0.15) is 0 Å². The Balaban J connectivity index is 2.20. The van der Waals surface area contributed by atoms with Gasteiger partial charge in [0.15, 0.2) is 0 Å². The van der Waals surface area contributed by atoms with E-state index in [-0.39, 0.29) is 12.8 Å². The molecule has 38 valence electrons. The lowest BCUT2D eigenvalue weighted by molar-refractivity contribution is 0.449. The zero-order valence-electron chi connectivity index (χ0n) is 6.22. The largest absolute Gasteiger partial charge is 0.0850 e. The first-order valence-electron chi connectivity index (χ1n) is 3.99. The molecule has 0 saturated heterocycles. The number of rotatable bonds is 0. The summed E-state index contributed by atoms with van der Waals surface area (Å²) in [5.41, 5.74) is 1.38. The van der Waals surface area contributed by atoms with Gasteiger partial charge in [0.05, 0.1) is 0 Å². The molecular formula is C7H10. The normalized spacial score (nSPS) is 61.7. The Morgan fingerprint density at radius 3 is 3.14 bits per heavy atom. The first-order valence-corrected chi connectivity index (χ1v) is 2.84. The molecule has 2 aliphatic rings. The Morgan fingerprint density at radius 2 is 2.86 bits per heavy atom. The van der Waals surface area contributed by atoms with E-state index in [1.54, 1.807) is 0 Å². The molecule has 0 N–H and O–H groups in total. The Hall–Kier alpha value is -0.260. The SMILES string of the molecule is [2H][C@@H]1C2CCC2=C[C@@H]1[2H]. The van der Waals surface area contributed by atoms with Gasteiger partial charge >= 0.3 is 0 Å². The average Bonchev–Trinajstić information content (AvgIpc) is 1.92. The monoisotopic (exact) mass is 96.1 g/mol. The molecule has 0 nitrogen and oxygen atoms in total. The summed E-state index contributed by atoms with van der Waals surface area (Å²) in [4.78, 5) is 0. The Kier molecular flexibility index (Phi) is 0.374. The fraction of sp³-hybridized carbons (Fsp3) is 0.714. The second-order valence-corrected chi connectivity index (χ2v) is 2.27. The van der Waals surface area contributed by atoms with Gasteiger partial charge in [0.25, 0.3) is 0 Å². The quantitative estimate of drug-likeness (QED) is 0.405. The minimum absolute atomic E-state index is 0.131. The molecule has 0 spiro atoms. The molecule has 7 heavy (non-hydrogen) atoms. The third kappa shape index (κ3) is 0.370. The van der Waals surface area contributed by atoms with Gasteiger partial charge in [-0.25, -0.2) is 0 Å². The number of hydrogen-bond acceptors (Lipinski definition) is 0. The summed E-state index contributed by atoms with van der Waals surface area (Å²) < 4.78 is 14.9. The molecule has 0 aromatic heterocycles. The van der Waals surface area contributed by atoms with Crippen LogP contribution >= 0.6 is 0 Å². The summed E-state index contributed by atoms with van der Waals surface area (Å²) in [5, 5.41) is 0. The highest BCUT2D eigenvalue weighted by Crippen LogP contribution is 2.41. The molecule has 2 aliphatic carbocycles. The van der Waals surface area contributed by atoms with E-state index in [1.807, 2.05) is 6.08 Å². The second-order valence-electron chi connectivity index (χ2n) is 2.27. The van der Waals surface area contributed by atoms with Crippen LogP contribution in [0, 0.1) is 5.92 Å². The van der Waals surface area contributed by atoms with Crippen molar-refractivity contribution in [3.63, 3.8) is 0 Å². The van der Waals surface area contributed by atoms with Gasteiger partial charge in [-0.15, -0.1) is 0 Å². The molecule has 2 rings (SSSR count). The van der Waals surface area contributed by atoms with Crippen LogP contribution in [-0.4, -0.2) is 0 Å². The van der Waals surface area contributed by atoms with Crippen LogP contribution in [0.2, 0.25) is 0 Å². The molecule has 0 aliphatic heterocycles. The minimum atomic E-state index is -0.215. The summed E-state index contributed by atoms with van der Waals surface area (Å²) in [6, 6.07) is 0. The summed E-state index contributed by atoms with van der Waals surface area (Å²) in [6.45, 7) is 0. The number of allylic oxidation sites excluding steroid dienone is 2. The van der Waals surface area contributed by atoms with E-state index >= 15 is 0 Å². The molecular weight excluding hydrogens is 84.1 g/mol. The maximum atomic E-state index is 7.49. The van der Waals surface area contributed by atoms with Crippen LogP contribution in [0.15, 0.2) is 11.6 Å². The van der Waals surface area contributed by atoms with Gasteiger partial charge in [-0.05, 0) is 31.6 Å². The molecule has 0 amide bonds. The predicted molar refractivity (Wildman–Crippen MR) is 30.0 cm³/mol. The average molecular weight is 96.2 g/mol. The van der Waals surface area contributed by atoms with Crippen molar-refractivity contribution < 1.29 is 2.74 Å². The van der Waals surface area contributed by atoms with Gasteiger partial charge in [-0.3, -0.25) is 0 Å². The highest BCUT2D eigenvalue weighted by Gasteiger charge is 2.26. The van der Waals surface area contributed by atoms with Crippen LogP contribution in [0.3, 0.4) is 0 Å². The first-order chi connectivity index (χ1) is 4.29. The van der Waals surface area contributed by atoms with Gasteiger partial charge < -0.3 is 0 Å². The molecule has 0 heterocycles. The molecule has 3 atom stereocenters. The maximum Gasteiger partial charge on any atom is 0.0310 e. The van der Waals surface area contributed by atoms with Gasteiger partial charge in [0.1, 0.15) is 0 Å². The van der Waals surface area contributed by atoms with Gasteiger partial charge in [0.2, 0.25) is 0 Å². The van der Waals surface area contributed by atoms with E-state index < -0.39 is 0 Å². The molecule has 0 aromatic rings. The molecule has 1 fully saturated rings.